The normalized spacial score (nSPS) is 18.6. The number of hydrogen-bond donors (Lipinski definition) is 1. The average molecular weight is 364 g/mol. The zero-order chi connectivity index (χ0) is 19.4. The second-order valence-corrected chi connectivity index (χ2v) is 7.30. The maximum Gasteiger partial charge on any atom is 0.258 e. The van der Waals surface area contributed by atoms with Crippen LogP contribution >= 0.6 is 0 Å². The molecule has 2 aromatic carbocycles. The smallest absolute Gasteiger partial charge is 0.258 e. The van der Waals surface area contributed by atoms with E-state index in [1.807, 2.05) is 60.4 Å². The van der Waals surface area contributed by atoms with Crippen LogP contribution in [0.5, 0.6) is 5.75 Å². The number of nitrogens with zero attached hydrogens (tertiary/aromatic N) is 1. The van der Waals surface area contributed by atoms with Gasteiger partial charge in [0.1, 0.15) is 18.0 Å². The van der Waals surface area contributed by atoms with Crippen molar-refractivity contribution in [1.29, 1.82) is 0 Å². The van der Waals surface area contributed by atoms with Crippen molar-refractivity contribution < 1.29 is 9.53 Å². The van der Waals surface area contributed by atoms with Crippen LogP contribution in [-0.4, -0.2) is 24.0 Å². The molecule has 0 fully saturated rings. The van der Waals surface area contributed by atoms with Crippen molar-refractivity contribution in [1.82, 2.24) is 4.90 Å². The first-order valence-corrected chi connectivity index (χ1v) is 9.53. The number of nitrogens with one attached hydrogen (secondary N) is 1. The highest BCUT2D eigenvalue weighted by atomic mass is 16.5. The summed E-state index contributed by atoms with van der Waals surface area (Å²) in [6.45, 7) is 11.2. The van der Waals surface area contributed by atoms with Gasteiger partial charge < -0.3 is 15.0 Å². The van der Waals surface area contributed by atoms with E-state index in [-0.39, 0.29) is 5.91 Å². The molecule has 27 heavy (non-hydrogen) atoms. The Hall–Kier alpha value is -2.75. The van der Waals surface area contributed by atoms with Gasteiger partial charge in [-0.15, -0.1) is 0 Å². The summed E-state index contributed by atoms with van der Waals surface area (Å²) >= 11 is 0. The monoisotopic (exact) mass is 364 g/mol. The van der Waals surface area contributed by atoms with E-state index in [0.29, 0.717) is 18.7 Å². The number of rotatable bonds is 7. The van der Waals surface area contributed by atoms with E-state index in [0.717, 1.165) is 35.4 Å². The second-order valence-electron chi connectivity index (χ2n) is 7.30. The lowest BCUT2D eigenvalue weighted by Crippen LogP contribution is -2.56. The van der Waals surface area contributed by atoms with E-state index < -0.39 is 5.66 Å². The van der Waals surface area contributed by atoms with Crippen molar-refractivity contribution in [3.05, 3.63) is 71.8 Å². The zero-order valence-corrected chi connectivity index (χ0v) is 16.4. The van der Waals surface area contributed by atoms with E-state index in [9.17, 15) is 4.79 Å². The average Bonchev–Trinajstić information content (AvgIpc) is 2.66. The molecule has 0 aliphatic carbocycles. The number of carbonyl (C=O) groups is 1. The summed E-state index contributed by atoms with van der Waals surface area (Å²) in [5.74, 6) is 0.819. The summed E-state index contributed by atoms with van der Waals surface area (Å²) in [5.41, 5.74) is 2.78. The van der Waals surface area contributed by atoms with Crippen molar-refractivity contribution in [2.24, 2.45) is 0 Å². The Morgan fingerprint density at radius 2 is 1.89 bits per heavy atom. The van der Waals surface area contributed by atoms with Gasteiger partial charge in [0.2, 0.25) is 0 Å². The number of fused-ring (bicyclic) bond motifs is 1. The summed E-state index contributed by atoms with van der Waals surface area (Å²) < 4.78 is 6.02. The molecule has 0 radical (unpaired) electrons. The molecule has 0 aromatic heterocycles. The number of unbranched alkanes of at least 4 members (excludes halogenated alkanes) is 1. The first-order chi connectivity index (χ1) is 13.0. The Labute approximate surface area is 161 Å². The molecule has 4 heteroatoms. The Morgan fingerprint density at radius 3 is 2.63 bits per heavy atom. The highest BCUT2D eigenvalue weighted by Crippen LogP contribution is 2.41. The molecule has 3 rings (SSSR count). The first-order valence-electron chi connectivity index (χ1n) is 9.53. The molecule has 4 nitrogen and oxygen atoms in total. The molecule has 2 aromatic rings. The Balaban J connectivity index is 2.08. The number of ether oxygens (including phenoxy) is 1. The summed E-state index contributed by atoms with van der Waals surface area (Å²) in [7, 11) is 0. The van der Waals surface area contributed by atoms with Crippen molar-refractivity contribution >= 4 is 11.6 Å². The van der Waals surface area contributed by atoms with Crippen LogP contribution in [0.4, 0.5) is 5.69 Å². The van der Waals surface area contributed by atoms with E-state index in [4.69, 9.17) is 4.74 Å². The molecule has 1 unspecified atom stereocenters. The fourth-order valence-corrected chi connectivity index (χ4v) is 3.51. The van der Waals surface area contributed by atoms with Crippen LogP contribution in [0.2, 0.25) is 0 Å². The fourth-order valence-electron chi connectivity index (χ4n) is 3.51. The number of hydrogen-bond acceptors (Lipinski definition) is 3. The Kier molecular flexibility index (Phi) is 5.54. The van der Waals surface area contributed by atoms with E-state index >= 15 is 0 Å². The summed E-state index contributed by atoms with van der Waals surface area (Å²) in [6, 6.07) is 15.6. The van der Waals surface area contributed by atoms with E-state index in [1.165, 1.54) is 0 Å². The van der Waals surface area contributed by atoms with E-state index in [1.54, 1.807) is 0 Å². The molecule has 0 saturated carbocycles. The molecule has 1 aliphatic heterocycles. The molecule has 142 valence electrons. The van der Waals surface area contributed by atoms with Gasteiger partial charge in [0.25, 0.3) is 5.91 Å². The van der Waals surface area contributed by atoms with Gasteiger partial charge in [-0.25, -0.2) is 0 Å². The lowest BCUT2D eigenvalue weighted by molar-refractivity contribution is 0.0525. The summed E-state index contributed by atoms with van der Waals surface area (Å²) in [6.07, 6.45) is 1.97. The summed E-state index contributed by atoms with van der Waals surface area (Å²) in [5, 5.41) is 3.61. The third-order valence-corrected chi connectivity index (χ3v) is 4.94. The van der Waals surface area contributed by atoms with Gasteiger partial charge in [-0.3, -0.25) is 4.79 Å². The van der Waals surface area contributed by atoms with Crippen LogP contribution < -0.4 is 10.1 Å². The van der Waals surface area contributed by atoms with Gasteiger partial charge in [0.15, 0.2) is 0 Å². The van der Waals surface area contributed by atoms with Crippen molar-refractivity contribution in [2.45, 2.75) is 39.3 Å². The number of benzene rings is 2. The van der Waals surface area contributed by atoms with Gasteiger partial charge in [-0.1, -0.05) is 50.3 Å². The van der Waals surface area contributed by atoms with Crippen LogP contribution in [0.25, 0.3) is 0 Å². The third-order valence-electron chi connectivity index (χ3n) is 4.94. The molecule has 1 N–H and O–H groups in total. The molecular weight excluding hydrogens is 336 g/mol. The summed E-state index contributed by atoms with van der Waals surface area (Å²) in [4.78, 5) is 15.3. The molecule has 1 atom stereocenters. The molecule has 0 bridgehead atoms. The maximum atomic E-state index is 13.3. The lowest BCUT2D eigenvalue weighted by atomic mass is 9.92. The minimum Gasteiger partial charge on any atom is -0.489 e. The molecule has 1 heterocycles. The van der Waals surface area contributed by atoms with E-state index in [2.05, 4.69) is 25.7 Å². The zero-order valence-electron chi connectivity index (χ0n) is 16.4. The molecule has 1 amide bonds. The van der Waals surface area contributed by atoms with Crippen molar-refractivity contribution in [3.63, 3.8) is 0 Å². The highest BCUT2D eigenvalue weighted by molar-refractivity contribution is 6.02. The first kappa shape index (κ1) is 19.0. The largest absolute Gasteiger partial charge is 0.489 e. The van der Waals surface area contributed by atoms with Gasteiger partial charge in [-0.2, -0.15) is 0 Å². The van der Waals surface area contributed by atoms with Crippen molar-refractivity contribution in [2.75, 3.05) is 18.5 Å². The van der Waals surface area contributed by atoms with Crippen molar-refractivity contribution in [3.8, 4) is 5.75 Å². The Morgan fingerprint density at radius 1 is 1.19 bits per heavy atom. The highest BCUT2D eigenvalue weighted by Gasteiger charge is 2.43. The van der Waals surface area contributed by atoms with Gasteiger partial charge in [0.05, 0.1) is 5.56 Å². The number of carbonyl (C=O) groups excluding carboxylic acids is 1. The molecular formula is C23H28N2O2. The number of para-hydroxylation sites is 2. The topological polar surface area (TPSA) is 41.6 Å². The van der Waals surface area contributed by atoms with Crippen LogP contribution in [-0.2, 0) is 5.66 Å². The molecule has 0 spiro atoms. The van der Waals surface area contributed by atoms with Crippen LogP contribution in [0.1, 0.15) is 49.5 Å². The van der Waals surface area contributed by atoms with Gasteiger partial charge in [-0.05, 0) is 44.0 Å². The molecule has 1 aliphatic rings. The van der Waals surface area contributed by atoms with Crippen LogP contribution in [0.3, 0.4) is 0 Å². The quantitative estimate of drug-likeness (QED) is 0.688. The van der Waals surface area contributed by atoms with Crippen LogP contribution in [0.15, 0.2) is 60.7 Å². The number of anilines is 1. The standard InChI is InChI=1S/C23H28N2O2/c1-5-6-15-25-22(26)18-11-7-9-13-20(18)24-23(25,4)19-12-8-10-14-21(19)27-16-17(2)3/h7-14,24H,2,5-6,15-16H2,1,3-4H3. The minimum atomic E-state index is -0.688. The number of amides is 1. The lowest BCUT2D eigenvalue weighted by Gasteiger charge is -2.47. The molecule has 0 saturated heterocycles. The van der Waals surface area contributed by atoms with Crippen LogP contribution in [0, 0.1) is 0 Å². The SMILES string of the molecule is C=C(C)COc1ccccc1C1(C)Nc2ccccc2C(=O)N1CCCC. The Bertz CT molecular complexity index is 846. The third kappa shape index (κ3) is 3.70. The maximum absolute atomic E-state index is 13.3. The predicted molar refractivity (Wildman–Crippen MR) is 110 cm³/mol. The fraction of sp³-hybridized carbons (Fsp3) is 0.348. The second kappa shape index (κ2) is 7.87. The van der Waals surface area contributed by atoms with Gasteiger partial charge in [0, 0.05) is 17.8 Å². The van der Waals surface area contributed by atoms with Gasteiger partial charge >= 0.3 is 0 Å². The minimum absolute atomic E-state index is 0.0509. The predicted octanol–water partition coefficient (Wildman–Crippen LogP) is 5.18.